The van der Waals surface area contributed by atoms with E-state index in [1.807, 2.05) is 18.3 Å². The van der Waals surface area contributed by atoms with Crippen LogP contribution in [-0.2, 0) is 13.1 Å². The van der Waals surface area contributed by atoms with Crippen molar-refractivity contribution in [1.29, 1.82) is 5.26 Å². The van der Waals surface area contributed by atoms with E-state index in [0.717, 1.165) is 12.1 Å². The van der Waals surface area contributed by atoms with Gasteiger partial charge in [0.2, 0.25) is 0 Å². The largest absolute Gasteiger partial charge is 0.346 e. The average molecular weight is 302 g/mol. The maximum absolute atomic E-state index is 8.88. The van der Waals surface area contributed by atoms with E-state index >= 15 is 0 Å². The molecule has 0 amide bonds. The summed E-state index contributed by atoms with van der Waals surface area (Å²) < 4.78 is 2.17. The van der Waals surface area contributed by atoms with Gasteiger partial charge in [0.15, 0.2) is 0 Å². The van der Waals surface area contributed by atoms with Crippen molar-refractivity contribution in [3.8, 4) is 6.07 Å². The first-order chi connectivity index (χ1) is 9.89. The number of nitrogens with zero attached hydrogens (tertiary/aromatic N) is 2. The molecule has 0 saturated heterocycles. The molecule has 1 N–H and O–H groups in total. The number of halogens is 1. The van der Waals surface area contributed by atoms with Crippen LogP contribution in [0.2, 0.25) is 5.02 Å². The van der Waals surface area contributed by atoms with Gasteiger partial charge in [0.05, 0.1) is 11.6 Å². The van der Waals surface area contributed by atoms with E-state index in [1.54, 1.807) is 12.1 Å². The Morgan fingerprint density at radius 1 is 1.29 bits per heavy atom. The highest BCUT2D eigenvalue weighted by Gasteiger charge is 2.11. The number of hydrogen-bond donors (Lipinski definition) is 1. The zero-order valence-corrected chi connectivity index (χ0v) is 13.4. The Morgan fingerprint density at radius 3 is 2.67 bits per heavy atom. The maximum atomic E-state index is 8.88. The molecule has 0 atom stereocenters. The van der Waals surface area contributed by atoms with Crippen LogP contribution in [0.5, 0.6) is 0 Å². The molecule has 0 saturated carbocycles. The van der Waals surface area contributed by atoms with E-state index in [2.05, 4.69) is 42.8 Å². The summed E-state index contributed by atoms with van der Waals surface area (Å²) in [6.07, 6.45) is 2.05. The fraction of sp³-hybridized carbons (Fsp3) is 0.353. The summed E-state index contributed by atoms with van der Waals surface area (Å²) in [4.78, 5) is 0. The summed E-state index contributed by atoms with van der Waals surface area (Å²) >= 11 is 6.25. The van der Waals surface area contributed by atoms with Crippen LogP contribution in [0.4, 0.5) is 0 Å². The Balaban J connectivity index is 2.14. The van der Waals surface area contributed by atoms with Gasteiger partial charge in [-0.05, 0) is 50.6 Å². The molecule has 2 rings (SSSR count). The first-order valence-corrected chi connectivity index (χ1v) is 7.34. The normalized spacial score (nSPS) is 11.4. The van der Waals surface area contributed by atoms with E-state index in [-0.39, 0.29) is 5.54 Å². The molecule has 110 valence electrons. The van der Waals surface area contributed by atoms with E-state index in [1.165, 1.54) is 5.69 Å². The second-order valence-electron chi connectivity index (χ2n) is 6.15. The highest BCUT2D eigenvalue weighted by Crippen LogP contribution is 2.20. The number of rotatable bonds is 4. The smallest absolute Gasteiger partial charge is 0.0992 e. The minimum absolute atomic E-state index is 0.0845. The third-order valence-electron chi connectivity index (χ3n) is 3.25. The fourth-order valence-electron chi connectivity index (χ4n) is 2.05. The molecular weight excluding hydrogens is 282 g/mol. The zero-order chi connectivity index (χ0) is 15.5. The number of nitriles is 1. The SMILES string of the molecule is CC(C)(C)NCc1cccn1Cc1ccc(C#N)cc1Cl. The van der Waals surface area contributed by atoms with E-state index in [9.17, 15) is 0 Å². The molecule has 21 heavy (non-hydrogen) atoms. The number of hydrogen-bond acceptors (Lipinski definition) is 2. The molecule has 0 bridgehead atoms. The van der Waals surface area contributed by atoms with Gasteiger partial charge in [0.25, 0.3) is 0 Å². The lowest BCUT2D eigenvalue weighted by Gasteiger charge is -2.21. The van der Waals surface area contributed by atoms with E-state index in [4.69, 9.17) is 16.9 Å². The van der Waals surface area contributed by atoms with Crippen LogP contribution in [0.25, 0.3) is 0 Å². The topological polar surface area (TPSA) is 40.8 Å². The van der Waals surface area contributed by atoms with E-state index in [0.29, 0.717) is 17.1 Å². The molecular formula is C17H20ClN3. The number of aromatic nitrogens is 1. The Morgan fingerprint density at radius 2 is 2.05 bits per heavy atom. The van der Waals surface area contributed by atoms with Crippen LogP contribution in [0.3, 0.4) is 0 Å². The molecule has 0 aliphatic carbocycles. The van der Waals surface area contributed by atoms with Crippen LogP contribution >= 0.6 is 11.6 Å². The van der Waals surface area contributed by atoms with Crippen molar-refractivity contribution in [1.82, 2.24) is 9.88 Å². The summed E-state index contributed by atoms with van der Waals surface area (Å²) in [6, 6.07) is 11.7. The molecule has 0 spiro atoms. The highest BCUT2D eigenvalue weighted by atomic mass is 35.5. The van der Waals surface area contributed by atoms with Gasteiger partial charge < -0.3 is 9.88 Å². The lowest BCUT2D eigenvalue weighted by Crippen LogP contribution is -2.35. The van der Waals surface area contributed by atoms with Gasteiger partial charge in [-0.15, -0.1) is 0 Å². The summed E-state index contributed by atoms with van der Waals surface area (Å²) in [5, 5.41) is 13.0. The highest BCUT2D eigenvalue weighted by molar-refractivity contribution is 6.31. The first kappa shape index (κ1) is 15.6. The summed E-state index contributed by atoms with van der Waals surface area (Å²) in [6.45, 7) is 7.97. The summed E-state index contributed by atoms with van der Waals surface area (Å²) in [5.74, 6) is 0. The molecule has 2 aromatic rings. The summed E-state index contributed by atoms with van der Waals surface area (Å²) in [7, 11) is 0. The van der Waals surface area contributed by atoms with Crippen molar-refractivity contribution in [2.45, 2.75) is 39.4 Å². The van der Waals surface area contributed by atoms with Crippen molar-refractivity contribution in [2.24, 2.45) is 0 Å². The van der Waals surface area contributed by atoms with Crippen molar-refractivity contribution < 1.29 is 0 Å². The molecule has 1 aromatic heterocycles. The van der Waals surface area contributed by atoms with Gasteiger partial charge >= 0.3 is 0 Å². The van der Waals surface area contributed by atoms with Crippen molar-refractivity contribution in [2.75, 3.05) is 0 Å². The third kappa shape index (κ3) is 4.35. The van der Waals surface area contributed by atoms with Gasteiger partial charge in [-0.2, -0.15) is 5.26 Å². The van der Waals surface area contributed by atoms with Crippen LogP contribution in [0.1, 0.15) is 37.6 Å². The number of benzene rings is 1. The van der Waals surface area contributed by atoms with Crippen LogP contribution in [0, 0.1) is 11.3 Å². The van der Waals surface area contributed by atoms with Crippen molar-refractivity contribution in [3.05, 3.63) is 58.4 Å². The van der Waals surface area contributed by atoms with Crippen LogP contribution < -0.4 is 5.32 Å². The Labute approximate surface area is 131 Å². The first-order valence-electron chi connectivity index (χ1n) is 6.96. The van der Waals surface area contributed by atoms with Crippen molar-refractivity contribution in [3.63, 3.8) is 0 Å². The molecule has 0 aliphatic heterocycles. The molecule has 0 unspecified atom stereocenters. The lowest BCUT2D eigenvalue weighted by molar-refractivity contribution is 0.417. The molecule has 0 radical (unpaired) electrons. The minimum atomic E-state index is 0.0845. The van der Waals surface area contributed by atoms with Crippen LogP contribution in [0.15, 0.2) is 36.5 Å². The quantitative estimate of drug-likeness (QED) is 0.929. The Bertz CT molecular complexity index is 659. The Kier molecular flexibility index (Phi) is 4.72. The van der Waals surface area contributed by atoms with Gasteiger partial charge in [0.1, 0.15) is 0 Å². The minimum Gasteiger partial charge on any atom is -0.346 e. The molecule has 1 aromatic carbocycles. The second-order valence-corrected chi connectivity index (χ2v) is 6.56. The average Bonchev–Trinajstić information content (AvgIpc) is 2.85. The van der Waals surface area contributed by atoms with Gasteiger partial charge in [-0.25, -0.2) is 0 Å². The van der Waals surface area contributed by atoms with E-state index < -0.39 is 0 Å². The fourth-order valence-corrected chi connectivity index (χ4v) is 2.29. The standard InChI is InChI=1S/C17H20ClN3/c1-17(2,3)20-11-15-5-4-8-21(15)12-14-7-6-13(10-19)9-16(14)18/h4-9,20H,11-12H2,1-3H3. The molecule has 0 fully saturated rings. The molecule has 4 heteroatoms. The Hall–Kier alpha value is -1.76. The van der Waals surface area contributed by atoms with Gasteiger partial charge in [-0.1, -0.05) is 17.7 Å². The van der Waals surface area contributed by atoms with Crippen LogP contribution in [-0.4, -0.2) is 10.1 Å². The third-order valence-corrected chi connectivity index (χ3v) is 3.60. The molecule has 0 aliphatic rings. The van der Waals surface area contributed by atoms with Crippen molar-refractivity contribution >= 4 is 11.6 Å². The second kappa shape index (κ2) is 6.34. The summed E-state index contributed by atoms with van der Waals surface area (Å²) in [5.41, 5.74) is 2.90. The predicted octanol–water partition coefficient (Wildman–Crippen LogP) is 3.95. The molecule has 1 heterocycles. The molecule has 3 nitrogen and oxygen atoms in total. The number of nitrogens with one attached hydrogen (secondary N) is 1. The maximum Gasteiger partial charge on any atom is 0.0992 e. The van der Waals surface area contributed by atoms with Gasteiger partial charge in [0, 0.05) is 35.5 Å². The van der Waals surface area contributed by atoms with Gasteiger partial charge in [-0.3, -0.25) is 0 Å². The monoisotopic (exact) mass is 301 g/mol. The lowest BCUT2D eigenvalue weighted by atomic mass is 10.1. The predicted molar refractivity (Wildman–Crippen MR) is 86.3 cm³/mol. The zero-order valence-electron chi connectivity index (χ0n) is 12.7.